The van der Waals surface area contributed by atoms with Crippen LogP contribution in [0.2, 0.25) is 0 Å². The molecule has 1 heterocycles. The number of hydrogen-bond acceptors (Lipinski definition) is 3. The van der Waals surface area contributed by atoms with E-state index in [1.807, 2.05) is 26.0 Å². The average Bonchev–Trinajstić information content (AvgIpc) is 2.36. The van der Waals surface area contributed by atoms with Crippen LogP contribution in [-0.2, 0) is 0 Å². The quantitative estimate of drug-likeness (QED) is 0.786. The van der Waals surface area contributed by atoms with E-state index in [9.17, 15) is 0 Å². The summed E-state index contributed by atoms with van der Waals surface area (Å²) < 4.78 is 13.1. The van der Waals surface area contributed by atoms with Gasteiger partial charge in [0.1, 0.15) is 17.0 Å². The molecule has 5 heteroatoms. The predicted octanol–water partition coefficient (Wildman–Crippen LogP) is 4.56. The highest BCUT2D eigenvalue weighted by Gasteiger charge is 2.14. The molecule has 0 saturated carbocycles. The lowest BCUT2D eigenvalue weighted by Crippen LogP contribution is -1.98. The van der Waals surface area contributed by atoms with Crippen molar-refractivity contribution in [2.45, 2.75) is 13.8 Å². The number of rotatable bonds is 4. The Bertz CT molecular complexity index is 572. The largest absolute Gasteiger partial charge is 0.493 e. The second-order valence-electron chi connectivity index (χ2n) is 3.57. The van der Waals surface area contributed by atoms with Crippen LogP contribution in [-0.4, -0.2) is 18.2 Å². The van der Waals surface area contributed by atoms with E-state index < -0.39 is 0 Å². The number of hydrogen-bond donors (Lipinski definition) is 0. The number of ether oxygens (including phenoxy) is 2. The molecule has 0 bridgehead atoms. The van der Waals surface area contributed by atoms with Crippen molar-refractivity contribution in [1.82, 2.24) is 4.98 Å². The molecule has 0 radical (unpaired) electrons. The van der Waals surface area contributed by atoms with Crippen LogP contribution in [0.15, 0.2) is 27.3 Å². The maximum Gasteiger partial charge on any atom is 0.145 e. The van der Waals surface area contributed by atoms with Gasteiger partial charge in [-0.15, -0.1) is 0 Å². The Balaban J connectivity index is 2.73. The summed E-state index contributed by atoms with van der Waals surface area (Å²) in [7, 11) is 0. The molecule has 0 N–H and O–H groups in total. The van der Waals surface area contributed by atoms with Crippen molar-refractivity contribution in [3.8, 4) is 11.5 Å². The van der Waals surface area contributed by atoms with E-state index in [1.165, 1.54) is 0 Å². The predicted molar refractivity (Wildman–Crippen MR) is 79.5 cm³/mol. The van der Waals surface area contributed by atoms with E-state index in [0.29, 0.717) is 13.2 Å². The molecule has 0 aliphatic rings. The average molecular weight is 375 g/mol. The summed E-state index contributed by atoms with van der Waals surface area (Å²) in [6.45, 7) is 5.14. The summed E-state index contributed by atoms with van der Waals surface area (Å²) in [6.07, 6.45) is 1.75. The smallest absolute Gasteiger partial charge is 0.145 e. The zero-order valence-corrected chi connectivity index (χ0v) is 13.3. The van der Waals surface area contributed by atoms with Gasteiger partial charge in [0.05, 0.1) is 23.1 Å². The van der Waals surface area contributed by atoms with E-state index in [-0.39, 0.29) is 0 Å². The summed E-state index contributed by atoms with van der Waals surface area (Å²) in [5, 5.41) is 0.928. The van der Waals surface area contributed by atoms with Crippen LogP contribution in [0.4, 0.5) is 0 Å². The van der Waals surface area contributed by atoms with E-state index in [1.54, 1.807) is 6.20 Å². The van der Waals surface area contributed by atoms with Gasteiger partial charge < -0.3 is 9.47 Å². The van der Waals surface area contributed by atoms with E-state index in [0.717, 1.165) is 31.3 Å². The molecule has 0 fully saturated rings. The molecule has 0 aliphatic carbocycles. The van der Waals surface area contributed by atoms with Crippen molar-refractivity contribution in [2.75, 3.05) is 13.2 Å². The Morgan fingerprint density at radius 2 is 1.67 bits per heavy atom. The molecule has 1 aromatic carbocycles. The van der Waals surface area contributed by atoms with Crippen LogP contribution >= 0.6 is 31.9 Å². The zero-order chi connectivity index (χ0) is 13.1. The highest BCUT2D eigenvalue weighted by molar-refractivity contribution is 9.13. The fraction of sp³-hybridized carbons (Fsp3) is 0.308. The van der Waals surface area contributed by atoms with Crippen molar-refractivity contribution >= 4 is 42.8 Å². The molecule has 0 amide bonds. The van der Waals surface area contributed by atoms with Crippen LogP contribution < -0.4 is 9.47 Å². The summed E-state index contributed by atoms with van der Waals surface area (Å²) >= 11 is 7.02. The summed E-state index contributed by atoms with van der Waals surface area (Å²) in [5.74, 6) is 1.57. The molecular formula is C13H13Br2NO2. The molecule has 96 valence electrons. The van der Waals surface area contributed by atoms with Crippen LogP contribution in [0.5, 0.6) is 11.5 Å². The Kier molecular flexibility index (Phi) is 4.45. The van der Waals surface area contributed by atoms with Crippen molar-refractivity contribution in [2.24, 2.45) is 0 Å². The van der Waals surface area contributed by atoms with Crippen LogP contribution in [0, 0.1) is 0 Å². The third-order valence-electron chi connectivity index (χ3n) is 2.44. The molecule has 2 aromatic rings. The number of fused-ring (bicyclic) bond motifs is 1. The molecule has 0 aliphatic heterocycles. The lowest BCUT2D eigenvalue weighted by molar-refractivity contribution is 0.336. The minimum atomic E-state index is 0.610. The lowest BCUT2D eigenvalue weighted by atomic mass is 10.2. The lowest BCUT2D eigenvalue weighted by Gasteiger charge is -2.13. The number of pyridine rings is 1. The van der Waals surface area contributed by atoms with Gasteiger partial charge in [-0.05, 0) is 57.8 Å². The number of halogens is 2. The van der Waals surface area contributed by atoms with Crippen molar-refractivity contribution in [3.05, 3.63) is 27.3 Å². The molecule has 1 aromatic heterocycles. The molecule has 2 rings (SSSR count). The molecule has 0 saturated heterocycles. The van der Waals surface area contributed by atoms with Crippen molar-refractivity contribution in [3.63, 3.8) is 0 Å². The van der Waals surface area contributed by atoms with Gasteiger partial charge in [-0.2, -0.15) is 0 Å². The third kappa shape index (κ3) is 2.47. The highest BCUT2D eigenvalue weighted by atomic mass is 79.9. The summed E-state index contributed by atoms with van der Waals surface area (Å²) in [5.41, 5.74) is 0.804. The first-order chi connectivity index (χ1) is 8.69. The molecular weight excluding hydrogens is 362 g/mol. The normalized spacial score (nSPS) is 10.7. The Morgan fingerprint density at radius 1 is 1.06 bits per heavy atom. The van der Waals surface area contributed by atoms with E-state index >= 15 is 0 Å². The summed E-state index contributed by atoms with van der Waals surface area (Å²) in [4.78, 5) is 4.42. The first kappa shape index (κ1) is 13.6. The highest BCUT2D eigenvalue weighted by Crippen LogP contribution is 2.39. The topological polar surface area (TPSA) is 31.4 Å². The van der Waals surface area contributed by atoms with E-state index in [2.05, 4.69) is 36.8 Å². The standard InChI is InChI=1S/C13H13Br2NO2/c1-3-17-9-5-6-10(18-4-2)13-11(9)12(15)8(14)7-16-13/h5-7H,3-4H2,1-2H3. The summed E-state index contributed by atoms with van der Waals surface area (Å²) in [6, 6.07) is 3.81. The van der Waals surface area contributed by atoms with Gasteiger partial charge >= 0.3 is 0 Å². The maximum atomic E-state index is 5.64. The van der Waals surface area contributed by atoms with Gasteiger partial charge in [-0.3, -0.25) is 4.98 Å². The second kappa shape index (κ2) is 5.89. The molecule has 18 heavy (non-hydrogen) atoms. The van der Waals surface area contributed by atoms with Crippen LogP contribution in [0.1, 0.15) is 13.8 Å². The Morgan fingerprint density at radius 3 is 2.33 bits per heavy atom. The van der Waals surface area contributed by atoms with Gasteiger partial charge in [0.25, 0.3) is 0 Å². The van der Waals surface area contributed by atoms with Gasteiger partial charge in [-0.1, -0.05) is 0 Å². The van der Waals surface area contributed by atoms with E-state index in [4.69, 9.17) is 9.47 Å². The number of benzene rings is 1. The van der Waals surface area contributed by atoms with Crippen LogP contribution in [0.3, 0.4) is 0 Å². The molecule has 3 nitrogen and oxygen atoms in total. The fourth-order valence-electron chi connectivity index (χ4n) is 1.74. The number of aromatic nitrogens is 1. The molecule has 0 unspecified atom stereocenters. The van der Waals surface area contributed by atoms with Crippen molar-refractivity contribution < 1.29 is 9.47 Å². The third-order valence-corrected chi connectivity index (χ3v) is 4.40. The molecule has 0 atom stereocenters. The first-order valence-corrected chi connectivity index (χ1v) is 7.29. The van der Waals surface area contributed by atoms with Crippen LogP contribution in [0.25, 0.3) is 10.9 Å². The Hall–Kier alpha value is -0.810. The molecule has 0 spiro atoms. The monoisotopic (exact) mass is 373 g/mol. The Labute approximate surface area is 123 Å². The second-order valence-corrected chi connectivity index (χ2v) is 5.22. The van der Waals surface area contributed by atoms with Gasteiger partial charge in [0.2, 0.25) is 0 Å². The number of nitrogens with zero attached hydrogens (tertiary/aromatic N) is 1. The van der Waals surface area contributed by atoms with Gasteiger partial charge in [0.15, 0.2) is 0 Å². The maximum absolute atomic E-state index is 5.64. The van der Waals surface area contributed by atoms with Gasteiger partial charge in [0, 0.05) is 10.7 Å². The minimum absolute atomic E-state index is 0.610. The SMILES string of the molecule is CCOc1ccc(OCC)c2c(Br)c(Br)cnc12. The zero-order valence-electron chi connectivity index (χ0n) is 10.2. The first-order valence-electron chi connectivity index (χ1n) is 5.71. The van der Waals surface area contributed by atoms with Gasteiger partial charge in [-0.25, -0.2) is 0 Å². The fourth-order valence-corrected chi connectivity index (χ4v) is 2.53. The minimum Gasteiger partial charge on any atom is -0.493 e. The van der Waals surface area contributed by atoms with Crippen molar-refractivity contribution in [1.29, 1.82) is 0 Å².